The number of nitrogens with zero attached hydrogens (tertiary/aromatic N) is 2. The van der Waals surface area contributed by atoms with E-state index in [1.165, 1.54) is 4.90 Å². The molecule has 1 N–H and O–H groups in total. The van der Waals surface area contributed by atoms with E-state index in [1.807, 2.05) is 87.5 Å². The number of likely N-dealkylation sites (N-methyl/N-ethyl adjacent to an activating group) is 1. The Morgan fingerprint density at radius 2 is 1.56 bits per heavy atom. The second-order valence-corrected chi connectivity index (χ2v) is 12.6. The van der Waals surface area contributed by atoms with Gasteiger partial charge in [-0.2, -0.15) is 0 Å². The number of rotatable bonds is 12. The number of anilines is 1. The molecule has 0 unspecified atom stereocenters. The maximum Gasteiger partial charge on any atom is 0.244 e. The summed E-state index contributed by atoms with van der Waals surface area (Å²) in [7, 11) is -3.82. The molecule has 39 heavy (non-hydrogen) atoms. The zero-order chi connectivity index (χ0) is 28.6. The molecule has 0 spiro atoms. The van der Waals surface area contributed by atoms with Crippen molar-refractivity contribution in [1.82, 2.24) is 10.2 Å². The van der Waals surface area contributed by atoms with E-state index in [1.54, 1.807) is 12.1 Å². The maximum absolute atomic E-state index is 14.1. The van der Waals surface area contributed by atoms with E-state index in [-0.39, 0.29) is 24.8 Å². The van der Waals surface area contributed by atoms with Gasteiger partial charge in [0.1, 0.15) is 12.6 Å². The second kappa shape index (κ2) is 13.8. The Labute approximate surface area is 240 Å². The second-order valence-electron chi connectivity index (χ2n) is 9.73. The first-order valence-electron chi connectivity index (χ1n) is 12.9. The van der Waals surface area contributed by atoms with E-state index >= 15 is 0 Å². The van der Waals surface area contributed by atoms with Gasteiger partial charge in [0.05, 0.1) is 11.9 Å². The molecule has 0 saturated heterocycles. The van der Waals surface area contributed by atoms with Crippen LogP contribution in [0.1, 0.15) is 43.4 Å². The lowest BCUT2D eigenvalue weighted by molar-refractivity contribution is -0.140. The van der Waals surface area contributed by atoms with Gasteiger partial charge < -0.3 is 10.2 Å². The Morgan fingerprint density at radius 1 is 0.923 bits per heavy atom. The van der Waals surface area contributed by atoms with Gasteiger partial charge in [0.25, 0.3) is 0 Å². The molecule has 208 valence electrons. The number of halogens is 1. The highest BCUT2D eigenvalue weighted by molar-refractivity contribution is 9.10. The Bertz CT molecular complexity index is 1380. The molecule has 2 amide bonds. The van der Waals surface area contributed by atoms with Crippen LogP contribution < -0.4 is 9.62 Å². The SMILES string of the molecule is CCNC(=O)[C@H](Cc1ccccc1)N(Cc1cccc(Br)c1)C(=O)CN(c1ccccc1C(C)C)S(C)(=O)=O. The molecule has 3 aromatic carbocycles. The largest absolute Gasteiger partial charge is 0.355 e. The normalized spacial score (nSPS) is 12.2. The van der Waals surface area contributed by atoms with Crippen molar-refractivity contribution in [1.29, 1.82) is 0 Å². The van der Waals surface area contributed by atoms with Gasteiger partial charge in [-0.05, 0) is 47.7 Å². The van der Waals surface area contributed by atoms with E-state index in [2.05, 4.69) is 21.2 Å². The molecule has 3 rings (SSSR count). The van der Waals surface area contributed by atoms with Gasteiger partial charge in [-0.25, -0.2) is 8.42 Å². The predicted molar refractivity (Wildman–Crippen MR) is 160 cm³/mol. The number of nitrogens with one attached hydrogen (secondary N) is 1. The molecule has 0 saturated carbocycles. The predicted octanol–water partition coefficient (Wildman–Crippen LogP) is 5.11. The van der Waals surface area contributed by atoms with Gasteiger partial charge in [0.2, 0.25) is 21.8 Å². The molecule has 7 nitrogen and oxygen atoms in total. The molecular weight excluding hydrogens is 578 g/mol. The number of para-hydroxylation sites is 1. The zero-order valence-corrected chi connectivity index (χ0v) is 25.2. The molecule has 0 heterocycles. The molecule has 3 aromatic rings. The van der Waals surface area contributed by atoms with Crippen molar-refractivity contribution in [2.75, 3.05) is 23.7 Å². The van der Waals surface area contributed by atoms with Crippen molar-refractivity contribution in [3.05, 3.63) is 100 Å². The first kappa shape index (κ1) is 30.4. The van der Waals surface area contributed by atoms with Gasteiger partial charge in [-0.15, -0.1) is 0 Å². The van der Waals surface area contributed by atoms with Gasteiger partial charge in [0.15, 0.2) is 0 Å². The fourth-order valence-corrected chi connectivity index (χ4v) is 5.79. The van der Waals surface area contributed by atoms with E-state index in [0.717, 1.165) is 31.7 Å². The molecule has 0 aliphatic rings. The monoisotopic (exact) mass is 613 g/mol. The number of hydrogen-bond donors (Lipinski definition) is 1. The van der Waals surface area contributed by atoms with Crippen LogP contribution in [0.15, 0.2) is 83.3 Å². The number of carbonyl (C=O) groups excluding carboxylic acids is 2. The topological polar surface area (TPSA) is 86.8 Å². The highest BCUT2D eigenvalue weighted by Gasteiger charge is 2.33. The minimum atomic E-state index is -3.82. The summed E-state index contributed by atoms with van der Waals surface area (Å²) in [5.41, 5.74) is 2.99. The summed E-state index contributed by atoms with van der Waals surface area (Å²) in [5.74, 6) is -0.719. The summed E-state index contributed by atoms with van der Waals surface area (Å²) >= 11 is 3.48. The van der Waals surface area contributed by atoms with Crippen molar-refractivity contribution in [2.45, 2.75) is 45.7 Å². The molecule has 1 atom stereocenters. The fraction of sp³-hybridized carbons (Fsp3) is 0.333. The van der Waals surface area contributed by atoms with Gasteiger partial charge in [0, 0.05) is 24.0 Å². The smallest absolute Gasteiger partial charge is 0.244 e. The summed E-state index contributed by atoms with van der Waals surface area (Å²) in [6.45, 7) is 5.89. The van der Waals surface area contributed by atoms with Crippen LogP contribution >= 0.6 is 15.9 Å². The number of sulfonamides is 1. The third-order valence-corrected chi connectivity index (χ3v) is 7.99. The average molecular weight is 615 g/mol. The van der Waals surface area contributed by atoms with Crippen molar-refractivity contribution in [3.8, 4) is 0 Å². The van der Waals surface area contributed by atoms with Gasteiger partial charge in [-0.1, -0.05) is 90.4 Å². The Balaban J connectivity index is 2.08. The molecule has 9 heteroatoms. The third kappa shape index (κ3) is 8.41. The minimum Gasteiger partial charge on any atom is -0.355 e. The van der Waals surface area contributed by atoms with Crippen LogP contribution in [0.2, 0.25) is 0 Å². The van der Waals surface area contributed by atoms with Crippen LogP contribution in [0.25, 0.3) is 0 Å². The van der Waals surface area contributed by atoms with E-state index in [9.17, 15) is 18.0 Å². The summed E-state index contributed by atoms with van der Waals surface area (Å²) in [6, 6.07) is 23.4. The molecule has 0 bridgehead atoms. The Morgan fingerprint density at radius 3 is 2.18 bits per heavy atom. The average Bonchev–Trinajstić information content (AvgIpc) is 2.89. The minimum absolute atomic E-state index is 0.0412. The number of hydrogen-bond acceptors (Lipinski definition) is 4. The third-order valence-electron chi connectivity index (χ3n) is 6.37. The molecule has 0 aromatic heterocycles. The van der Waals surface area contributed by atoms with Gasteiger partial charge >= 0.3 is 0 Å². The van der Waals surface area contributed by atoms with Gasteiger partial charge in [-0.3, -0.25) is 13.9 Å². The molecule has 0 aliphatic heterocycles. The van der Waals surface area contributed by atoms with Crippen molar-refractivity contribution >= 4 is 43.5 Å². The summed E-state index contributed by atoms with van der Waals surface area (Å²) < 4.78 is 28.1. The zero-order valence-electron chi connectivity index (χ0n) is 22.8. The number of amides is 2. The van der Waals surface area contributed by atoms with Crippen LogP contribution in [0, 0.1) is 0 Å². The summed E-state index contributed by atoms with van der Waals surface area (Å²) in [5, 5.41) is 2.86. The highest BCUT2D eigenvalue weighted by atomic mass is 79.9. The first-order chi connectivity index (χ1) is 18.5. The lowest BCUT2D eigenvalue weighted by Gasteiger charge is -2.34. The summed E-state index contributed by atoms with van der Waals surface area (Å²) in [4.78, 5) is 29.0. The quantitative estimate of drug-likeness (QED) is 0.307. The molecule has 0 aliphatic carbocycles. The van der Waals surface area contributed by atoms with E-state index in [0.29, 0.717) is 12.2 Å². The van der Waals surface area contributed by atoms with Crippen molar-refractivity contribution in [3.63, 3.8) is 0 Å². The van der Waals surface area contributed by atoms with Crippen molar-refractivity contribution < 1.29 is 18.0 Å². The highest BCUT2D eigenvalue weighted by Crippen LogP contribution is 2.29. The number of carbonyl (C=O) groups is 2. The maximum atomic E-state index is 14.1. The fourth-order valence-electron chi connectivity index (χ4n) is 4.48. The lowest BCUT2D eigenvalue weighted by Crippen LogP contribution is -2.53. The molecule has 0 fully saturated rings. The van der Waals surface area contributed by atoms with Crippen molar-refractivity contribution in [2.24, 2.45) is 0 Å². The molecule has 0 radical (unpaired) electrons. The lowest BCUT2D eigenvalue weighted by atomic mass is 10.0. The summed E-state index contributed by atoms with van der Waals surface area (Å²) in [6.07, 6.45) is 1.38. The van der Waals surface area contributed by atoms with Crippen LogP contribution in [-0.4, -0.2) is 50.5 Å². The molecular formula is C30H36BrN3O4S. The van der Waals surface area contributed by atoms with Crippen LogP contribution in [0.4, 0.5) is 5.69 Å². The van der Waals surface area contributed by atoms with E-state index in [4.69, 9.17) is 0 Å². The standard InChI is InChI=1S/C30H36BrN3O4S/c1-5-32-30(36)28(19-23-12-7-6-8-13-23)33(20-24-14-11-15-25(31)18-24)29(35)21-34(39(4,37)38)27-17-10-9-16-26(27)22(2)3/h6-18,22,28H,5,19-21H2,1-4H3,(H,32,36)/t28-/m0/s1. The van der Waals surface area contributed by atoms with Crippen LogP contribution in [-0.2, 0) is 32.6 Å². The Hall–Kier alpha value is -3.17. The van der Waals surface area contributed by atoms with E-state index < -0.39 is 28.5 Å². The first-order valence-corrected chi connectivity index (χ1v) is 15.6. The van der Waals surface area contributed by atoms with Crippen LogP contribution in [0.3, 0.4) is 0 Å². The van der Waals surface area contributed by atoms with Crippen LogP contribution in [0.5, 0.6) is 0 Å². The Kier molecular flexibility index (Phi) is 10.7. The number of benzene rings is 3.